The van der Waals surface area contributed by atoms with Gasteiger partial charge in [-0.25, -0.2) is 0 Å². The first-order valence-corrected chi connectivity index (χ1v) is 7.92. The second-order valence-corrected chi connectivity index (χ2v) is 6.31. The van der Waals surface area contributed by atoms with E-state index < -0.39 is 0 Å². The molecule has 0 saturated heterocycles. The van der Waals surface area contributed by atoms with Crippen molar-refractivity contribution in [3.05, 3.63) is 30.3 Å². The maximum atomic E-state index is 5.65. The summed E-state index contributed by atoms with van der Waals surface area (Å²) < 4.78 is 5.65. The molecule has 0 spiro atoms. The summed E-state index contributed by atoms with van der Waals surface area (Å²) in [5.74, 6) is 1.89. The Morgan fingerprint density at radius 1 is 1.26 bits per heavy atom. The van der Waals surface area contributed by atoms with Crippen molar-refractivity contribution in [1.82, 2.24) is 5.32 Å². The molecule has 0 bridgehead atoms. The highest BCUT2D eigenvalue weighted by molar-refractivity contribution is 8.14. The van der Waals surface area contributed by atoms with Crippen LogP contribution in [0.25, 0.3) is 0 Å². The van der Waals surface area contributed by atoms with Gasteiger partial charge < -0.3 is 10.1 Å². The molecular weight excluding hydrogens is 256 g/mol. The normalized spacial score (nSPS) is 22.1. The van der Waals surface area contributed by atoms with E-state index in [0.29, 0.717) is 0 Å². The molecular formula is C15H20N2OS. The molecule has 1 heterocycles. The van der Waals surface area contributed by atoms with Crippen LogP contribution in [0.15, 0.2) is 35.3 Å². The highest BCUT2D eigenvalue weighted by Crippen LogP contribution is 2.41. The number of hydrogen-bond acceptors (Lipinski definition) is 4. The van der Waals surface area contributed by atoms with Crippen LogP contribution in [0.2, 0.25) is 0 Å². The highest BCUT2D eigenvalue weighted by Gasteiger charge is 2.35. The molecule has 3 nitrogen and oxygen atoms in total. The van der Waals surface area contributed by atoms with Gasteiger partial charge in [-0.1, -0.05) is 30.0 Å². The number of rotatable bonds is 6. The van der Waals surface area contributed by atoms with Crippen LogP contribution in [0.3, 0.4) is 0 Å². The topological polar surface area (TPSA) is 33.6 Å². The molecule has 19 heavy (non-hydrogen) atoms. The minimum absolute atomic E-state index is 0.751. The lowest BCUT2D eigenvalue weighted by Gasteiger charge is -2.08. The smallest absolute Gasteiger partial charge is 0.156 e. The third-order valence-corrected chi connectivity index (χ3v) is 4.77. The van der Waals surface area contributed by atoms with Gasteiger partial charge in [-0.05, 0) is 37.3 Å². The van der Waals surface area contributed by atoms with Crippen molar-refractivity contribution in [2.24, 2.45) is 10.9 Å². The van der Waals surface area contributed by atoms with Crippen molar-refractivity contribution in [2.75, 3.05) is 19.7 Å². The van der Waals surface area contributed by atoms with Crippen LogP contribution in [0.5, 0.6) is 5.75 Å². The average molecular weight is 276 g/mol. The van der Waals surface area contributed by atoms with Gasteiger partial charge in [0.15, 0.2) is 5.17 Å². The fraction of sp³-hybridized carbons (Fsp3) is 0.533. The number of nitrogens with zero attached hydrogens (tertiary/aromatic N) is 1. The average Bonchev–Trinajstić information content (AvgIpc) is 3.20. The molecule has 1 atom stereocenters. The number of aliphatic imine (C=N–C) groups is 1. The number of amidine groups is 1. The first kappa shape index (κ1) is 12.9. The predicted molar refractivity (Wildman–Crippen MR) is 81.0 cm³/mol. The molecule has 1 N–H and O–H groups in total. The number of ether oxygens (including phenoxy) is 1. The van der Waals surface area contributed by atoms with Crippen LogP contribution in [0.4, 0.5) is 0 Å². The molecule has 1 aromatic carbocycles. The van der Waals surface area contributed by atoms with Crippen LogP contribution >= 0.6 is 11.8 Å². The van der Waals surface area contributed by atoms with Gasteiger partial charge in [0, 0.05) is 11.8 Å². The Bertz CT molecular complexity index is 431. The lowest BCUT2D eigenvalue weighted by atomic mass is 10.3. The summed E-state index contributed by atoms with van der Waals surface area (Å²) in [6.07, 6.45) is 3.82. The Labute approximate surface area is 118 Å². The molecule has 3 rings (SSSR count). The molecule has 1 saturated carbocycles. The van der Waals surface area contributed by atoms with Crippen LogP contribution in [0, 0.1) is 5.92 Å². The molecule has 1 fully saturated rings. The minimum atomic E-state index is 0.751. The van der Waals surface area contributed by atoms with Crippen LogP contribution in [0.1, 0.15) is 19.3 Å². The van der Waals surface area contributed by atoms with Crippen molar-refractivity contribution >= 4 is 16.9 Å². The Morgan fingerprint density at radius 2 is 2.11 bits per heavy atom. The molecule has 0 aromatic heterocycles. The highest BCUT2D eigenvalue weighted by atomic mass is 32.2. The Kier molecular flexibility index (Phi) is 4.28. The zero-order valence-electron chi connectivity index (χ0n) is 11.0. The van der Waals surface area contributed by atoms with Gasteiger partial charge in [-0.15, -0.1) is 0 Å². The number of para-hydroxylation sites is 1. The Hall–Kier alpha value is -1.16. The summed E-state index contributed by atoms with van der Waals surface area (Å²) in [6, 6.07) is 9.97. The molecule has 2 aliphatic rings. The third kappa shape index (κ3) is 3.90. The lowest BCUT2D eigenvalue weighted by Crippen LogP contribution is -2.22. The SMILES string of the molecule is c1ccc(OCCCNC2=NCC(C3CC3)S2)cc1. The molecule has 4 heteroatoms. The van der Waals surface area contributed by atoms with Crippen molar-refractivity contribution in [3.63, 3.8) is 0 Å². The van der Waals surface area contributed by atoms with Gasteiger partial charge in [0.05, 0.1) is 13.2 Å². The number of benzene rings is 1. The van der Waals surface area contributed by atoms with E-state index in [1.165, 1.54) is 12.8 Å². The quantitative estimate of drug-likeness (QED) is 0.811. The fourth-order valence-electron chi connectivity index (χ4n) is 2.18. The largest absolute Gasteiger partial charge is 0.494 e. The van der Waals surface area contributed by atoms with Crippen molar-refractivity contribution in [2.45, 2.75) is 24.5 Å². The molecule has 0 radical (unpaired) electrons. The van der Waals surface area contributed by atoms with Crippen molar-refractivity contribution in [3.8, 4) is 5.75 Å². The van der Waals surface area contributed by atoms with E-state index in [9.17, 15) is 0 Å². The first-order chi connectivity index (χ1) is 9.42. The second kappa shape index (κ2) is 6.33. The van der Waals surface area contributed by atoms with E-state index in [0.717, 1.165) is 48.2 Å². The van der Waals surface area contributed by atoms with Gasteiger partial charge in [0.1, 0.15) is 5.75 Å². The lowest BCUT2D eigenvalue weighted by molar-refractivity contribution is 0.311. The summed E-state index contributed by atoms with van der Waals surface area (Å²) in [4.78, 5) is 4.56. The summed E-state index contributed by atoms with van der Waals surface area (Å²) in [5, 5.41) is 5.30. The van der Waals surface area contributed by atoms with Gasteiger partial charge in [0.2, 0.25) is 0 Å². The zero-order chi connectivity index (χ0) is 12.9. The van der Waals surface area contributed by atoms with Crippen molar-refractivity contribution < 1.29 is 4.74 Å². The summed E-state index contributed by atoms with van der Waals surface area (Å²) >= 11 is 1.93. The Morgan fingerprint density at radius 3 is 2.89 bits per heavy atom. The molecule has 1 aromatic rings. The molecule has 0 amide bonds. The summed E-state index contributed by atoms with van der Waals surface area (Å²) in [5.41, 5.74) is 0. The number of thioether (sulfide) groups is 1. The number of nitrogens with one attached hydrogen (secondary N) is 1. The Balaban J connectivity index is 1.27. The summed E-state index contributed by atoms with van der Waals surface area (Å²) in [7, 11) is 0. The standard InChI is InChI=1S/C15H20N2OS/c1-2-5-13(6-3-1)18-10-4-9-16-15-17-11-14(19-15)12-7-8-12/h1-3,5-6,12,14H,4,7-11H2,(H,16,17). The van der Waals surface area contributed by atoms with Crippen LogP contribution in [-0.4, -0.2) is 30.1 Å². The first-order valence-electron chi connectivity index (χ1n) is 7.04. The number of hydrogen-bond donors (Lipinski definition) is 1. The van der Waals surface area contributed by atoms with Gasteiger partial charge in [0.25, 0.3) is 0 Å². The van der Waals surface area contributed by atoms with Gasteiger partial charge in [-0.2, -0.15) is 0 Å². The monoisotopic (exact) mass is 276 g/mol. The van der Waals surface area contributed by atoms with E-state index in [1.807, 2.05) is 42.1 Å². The van der Waals surface area contributed by atoms with Gasteiger partial charge in [-0.3, -0.25) is 4.99 Å². The fourth-order valence-corrected chi connectivity index (χ4v) is 3.41. The minimum Gasteiger partial charge on any atom is -0.494 e. The van der Waals surface area contributed by atoms with E-state index in [-0.39, 0.29) is 0 Å². The molecule has 1 aliphatic carbocycles. The van der Waals surface area contributed by atoms with Gasteiger partial charge >= 0.3 is 0 Å². The predicted octanol–water partition coefficient (Wildman–Crippen LogP) is 2.93. The van der Waals surface area contributed by atoms with E-state index in [2.05, 4.69) is 10.3 Å². The summed E-state index contributed by atoms with van der Waals surface area (Å²) in [6.45, 7) is 2.70. The van der Waals surface area contributed by atoms with Crippen LogP contribution in [-0.2, 0) is 0 Å². The zero-order valence-corrected chi connectivity index (χ0v) is 11.9. The maximum Gasteiger partial charge on any atom is 0.156 e. The van der Waals surface area contributed by atoms with Crippen LogP contribution < -0.4 is 10.1 Å². The maximum absolute atomic E-state index is 5.65. The van der Waals surface area contributed by atoms with E-state index in [1.54, 1.807) is 0 Å². The van der Waals surface area contributed by atoms with Crippen molar-refractivity contribution in [1.29, 1.82) is 0 Å². The van der Waals surface area contributed by atoms with E-state index in [4.69, 9.17) is 4.74 Å². The molecule has 102 valence electrons. The molecule has 1 unspecified atom stereocenters. The third-order valence-electron chi connectivity index (χ3n) is 3.43. The van der Waals surface area contributed by atoms with E-state index >= 15 is 0 Å². The second-order valence-electron chi connectivity index (χ2n) is 5.08. The molecule has 1 aliphatic heterocycles.